The molecule has 2 N–H and O–H groups in total. The van der Waals surface area contributed by atoms with Crippen LogP contribution in [-0.2, 0) is 17.4 Å². The van der Waals surface area contributed by atoms with Crippen molar-refractivity contribution in [2.75, 3.05) is 0 Å². The van der Waals surface area contributed by atoms with Crippen LogP contribution >= 0.6 is 0 Å². The van der Waals surface area contributed by atoms with Crippen LogP contribution in [0.1, 0.15) is 10.5 Å². The van der Waals surface area contributed by atoms with Crippen molar-refractivity contribution in [3.8, 4) is 0 Å². The molecular formula is C5H5CrNO2. The Hall–Kier alpha value is -0.718. The smallest absolute Gasteiger partial charge is 0.352 e. The van der Waals surface area contributed by atoms with Crippen LogP contribution in [0.5, 0.6) is 0 Å². The third-order valence-electron chi connectivity index (χ3n) is 0.828. The molecule has 0 aromatic carbocycles. The molecule has 0 saturated carbocycles. The van der Waals surface area contributed by atoms with Crippen LogP contribution in [0.4, 0.5) is 0 Å². The number of hydrogen-bond acceptors (Lipinski definition) is 1. The fourth-order valence-corrected chi connectivity index (χ4v) is 0.463. The van der Waals surface area contributed by atoms with E-state index >= 15 is 0 Å². The quantitative estimate of drug-likeness (QED) is 0.640. The molecule has 1 aromatic heterocycles. The molecular weight excluding hydrogens is 158 g/mol. The van der Waals surface area contributed by atoms with Crippen molar-refractivity contribution in [3.05, 3.63) is 24.0 Å². The fourth-order valence-electron chi connectivity index (χ4n) is 0.463. The molecule has 0 aliphatic heterocycles. The van der Waals surface area contributed by atoms with Gasteiger partial charge >= 0.3 is 5.97 Å². The number of hydrogen-bond donors (Lipinski definition) is 2. The molecule has 0 atom stereocenters. The molecule has 3 nitrogen and oxygen atoms in total. The topological polar surface area (TPSA) is 53.1 Å². The summed E-state index contributed by atoms with van der Waals surface area (Å²) in [4.78, 5) is 12.6. The number of rotatable bonds is 1. The number of aromatic nitrogens is 1. The number of carboxylic acids is 1. The second-order valence-electron chi connectivity index (χ2n) is 1.39. The first-order valence-electron chi connectivity index (χ1n) is 2.17. The van der Waals surface area contributed by atoms with Crippen LogP contribution in [-0.4, -0.2) is 16.1 Å². The van der Waals surface area contributed by atoms with E-state index in [4.69, 9.17) is 5.11 Å². The standard InChI is InChI=1S/C5H5NO2.Cr/c7-5(8)4-2-1-3-6-4;/h1-3,6H,(H,7,8);. The molecule has 48 valence electrons. The summed E-state index contributed by atoms with van der Waals surface area (Å²) in [5, 5.41) is 8.24. The van der Waals surface area contributed by atoms with E-state index in [1.165, 1.54) is 6.07 Å². The average Bonchev–Trinajstić information content (AvgIpc) is 2.12. The summed E-state index contributed by atoms with van der Waals surface area (Å²) in [5.41, 5.74) is 0.227. The molecule has 0 aliphatic rings. The maximum absolute atomic E-state index is 10.0. The van der Waals surface area contributed by atoms with Gasteiger partial charge in [-0.3, -0.25) is 0 Å². The predicted octanol–water partition coefficient (Wildman–Crippen LogP) is 0.710. The molecule has 0 spiro atoms. The zero-order valence-electron chi connectivity index (χ0n) is 4.50. The molecule has 0 amide bonds. The van der Waals surface area contributed by atoms with E-state index in [-0.39, 0.29) is 23.1 Å². The summed E-state index contributed by atoms with van der Waals surface area (Å²) in [6.07, 6.45) is 1.57. The zero-order chi connectivity index (χ0) is 5.98. The third-order valence-corrected chi connectivity index (χ3v) is 0.828. The van der Waals surface area contributed by atoms with Gasteiger partial charge in [0.1, 0.15) is 5.69 Å². The van der Waals surface area contributed by atoms with E-state index < -0.39 is 5.97 Å². The van der Waals surface area contributed by atoms with Crippen LogP contribution in [0, 0.1) is 0 Å². The van der Waals surface area contributed by atoms with Gasteiger partial charge in [-0.15, -0.1) is 0 Å². The summed E-state index contributed by atoms with van der Waals surface area (Å²) in [7, 11) is 0. The third kappa shape index (κ3) is 1.92. The Bertz CT molecular complexity index is 183. The van der Waals surface area contributed by atoms with Gasteiger partial charge in [0.05, 0.1) is 0 Å². The van der Waals surface area contributed by atoms with E-state index in [0.717, 1.165) is 0 Å². The zero-order valence-corrected chi connectivity index (χ0v) is 5.77. The first kappa shape index (κ1) is 8.28. The van der Waals surface area contributed by atoms with Crippen LogP contribution in [0.3, 0.4) is 0 Å². The van der Waals surface area contributed by atoms with Gasteiger partial charge in [-0.2, -0.15) is 0 Å². The van der Waals surface area contributed by atoms with Crippen molar-refractivity contribution >= 4 is 5.97 Å². The molecule has 0 radical (unpaired) electrons. The van der Waals surface area contributed by atoms with Gasteiger partial charge in [-0.05, 0) is 12.1 Å². The maximum Gasteiger partial charge on any atom is 0.352 e. The molecule has 4 heteroatoms. The summed E-state index contributed by atoms with van der Waals surface area (Å²) in [6.45, 7) is 0. The molecule has 1 heterocycles. The van der Waals surface area contributed by atoms with Crippen LogP contribution in [0.15, 0.2) is 18.3 Å². The molecule has 9 heavy (non-hydrogen) atoms. The van der Waals surface area contributed by atoms with Crippen molar-refractivity contribution < 1.29 is 27.3 Å². The van der Waals surface area contributed by atoms with Gasteiger partial charge in [-0.1, -0.05) is 0 Å². The van der Waals surface area contributed by atoms with E-state index in [9.17, 15) is 4.79 Å². The van der Waals surface area contributed by atoms with Gasteiger partial charge in [0.25, 0.3) is 0 Å². The van der Waals surface area contributed by atoms with Gasteiger partial charge in [0.15, 0.2) is 0 Å². The number of nitrogens with one attached hydrogen (secondary N) is 1. The van der Waals surface area contributed by atoms with E-state index in [2.05, 4.69) is 4.98 Å². The Labute approximate surface area is 62.8 Å². The van der Waals surface area contributed by atoms with Crippen LogP contribution < -0.4 is 0 Å². The Kier molecular flexibility index (Phi) is 3.07. The first-order chi connectivity index (χ1) is 3.80. The number of aromatic carboxylic acids is 1. The van der Waals surface area contributed by atoms with Gasteiger partial charge < -0.3 is 10.1 Å². The minimum Gasteiger partial charge on any atom is -0.477 e. The minimum atomic E-state index is -0.921. The summed E-state index contributed by atoms with van der Waals surface area (Å²) in [5.74, 6) is -0.921. The van der Waals surface area contributed by atoms with E-state index in [1.807, 2.05) is 0 Å². The molecule has 1 rings (SSSR count). The summed E-state index contributed by atoms with van der Waals surface area (Å²) in [6, 6.07) is 3.14. The van der Waals surface area contributed by atoms with Gasteiger partial charge in [-0.25, -0.2) is 4.79 Å². The number of aromatic amines is 1. The molecule has 0 saturated heterocycles. The average molecular weight is 163 g/mol. The Morgan fingerprint density at radius 1 is 1.67 bits per heavy atom. The molecule has 0 unspecified atom stereocenters. The predicted molar refractivity (Wildman–Crippen MR) is 27.8 cm³/mol. The normalized spacial score (nSPS) is 8.00. The van der Waals surface area contributed by atoms with Gasteiger partial charge in [0, 0.05) is 23.6 Å². The Morgan fingerprint density at radius 3 is 2.56 bits per heavy atom. The van der Waals surface area contributed by atoms with E-state index in [0.29, 0.717) is 0 Å². The second kappa shape index (κ2) is 3.34. The van der Waals surface area contributed by atoms with Crippen molar-refractivity contribution in [2.45, 2.75) is 0 Å². The summed E-state index contributed by atoms with van der Waals surface area (Å²) >= 11 is 0. The molecule has 0 bridgehead atoms. The molecule has 1 aromatic rings. The van der Waals surface area contributed by atoms with Crippen molar-refractivity contribution in [1.29, 1.82) is 0 Å². The Morgan fingerprint density at radius 2 is 2.33 bits per heavy atom. The number of carboxylic acid groups (broad SMARTS) is 1. The monoisotopic (exact) mass is 163 g/mol. The number of carbonyl (C=O) groups is 1. The first-order valence-corrected chi connectivity index (χ1v) is 2.17. The van der Waals surface area contributed by atoms with Crippen molar-refractivity contribution in [1.82, 2.24) is 4.98 Å². The molecule has 0 aliphatic carbocycles. The second-order valence-corrected chi connectivity index (χ2v) is 1.39. The number of H-pyrrole nitrogens is 1. The largest absolute Gasteiger partial charge is 0.477 e. The van der Waals surface area contributed by atoms with E-state index in [1.54, 1.807) is 12.3 Å². The van der Waals surface area contributed by atoms with Crippen LogP contribution in [0.2, 0.25) is 0 Å². The summed E-state index contributed by atoms with van der Waals surface area (Å²) < 4.78 is 0. The minimum absolute atomic E-state index is 0. The molecule has 0 fully saturated rings. The van der Waals surface area contributed by atoms with Crippen LogP contribution in [0.25, 0.3) is 0 Å². The maximum atomic E-state index is 10.0. The van der Waals surface area contributed by atoms with Crippen molar-refractivity contribution in [3.63, 3.8) is 0 Å². The SMILES string of the molecule is O=C(O)c1ccc[nH]1.[Cr]. The fraction of sp³-hybridized carbons (Fsp3) is 0. The Balaban J connectivity index is 0.000000640. The van der Waals surface area contributed by atoms with Crippen molar-refractivity contribution in [2.24, 2.45) is 0 Å². The van der Waals surface area contributed by atoms with Gasteiger partial charge in [0.2, 0.25) is 0 Å².